The number of rotatable bonds is 0. The first-order valence-electron chi connectivity index (χ1n) is 0.783. The van der Waals surface area contributed by atoms with Gasteiger partial charge in [0.05, 0.1) is 0 Å². The fraction of sp³-hybridized carbons (Fsp3) is 0. The zero-order valence-electron chi connectivity index (χ0n) is 6.90. The van der Waals surface area contributed by atoms with Crippen molar-refractivity contribution in [3.05, 3.63) is 0 Å². The van der Waals surface area contributed by atoms with Crippen LogP contribution in [-0.2, 0) is 24.0 Å². The predicted octanol–water partition coefficient (Wildman–Crippen LogP) is -6.70. The zero-order chi connectivity index (χ0) is 4.50. The van der Waals surface area contributed by atoms with Crippen LogP contribution in [0, 0.1) is 0 Å². The van der Waals surface area contributed by atoms with E-state index in [1.54, 1.807) is 0 Å². The van der Waals surface area contributed by atoms with E-state index >= 15 is 0 Å². The molecule has 38 valence electrons. The molecule has 0 heterocycles. The summed E-state index contributed by atoms with van der Waals surface area (Å²) in [5.74, 6) is 0. The molecule has 8 heteroatoms. The number of hydrogen-bond donors (Lipinski definition) is 3. The van der Waals surface area contributed by atoms with Gasteiger partial charge in [-0.05, 0) is 0 Å². The van der Waals surface area contributed by atoms with Crippen LogP contribution >= 0.6 is 7.82 Å². The van der Waals surface area contributed by atoms with Gasteiger partial charge in [-0.15, -0.1) is 0 Å². The smallest absolute Gasteiger partial charge is 1.00 e. The molecule has 0 aromatic heterocycles. The van der Waals surface area contributed by atoms with Crippen molar-refractivity contribution in [2.24, 2.45) is 0 Å². The Labute approximate surface area is 171 Å². The molecule has 3 N–H and O–H groups in total. The van der Waals surface area contributed by atoms with Crippen LogP contribution in [0.15, 0.2) is 0 Å². The van der Waals surface area contributed by atoms with Crippen molar-refractivity contribution in [1.29, 1.82) is 0 Å². The monoisotopic (exact) mass is 382 g/mol. The molecule has 0 bridgehead atoms. The van der Waals surface area contributed by atoms with Crippen molar-refractivity contribution in [2.75, 3.05) is 0 Å². The minimum Gasteiger partial charge on any atom is -1.00 e. The van der Waals surface area contributed by atoms with Gasteiger partial charge in [-0.3, -0.25) is 0 Å². The Kier molecular flexibility index (Phi) is 33.2. The van der Waals surface area contributed by atoms with Crippen LogP contribution in [0.25, 0.3) is 0 Å². The summed E-state index contributed by atoms with van der Waals surface area (Å²) < 4.78 is 8.88. The first-order chi connectivity index (χ1) is 2.00. The van der Waals surface area contributed by atoms with Crippen molar-refractivity contribution in [3.8, 4) is 0 Å². The van der Waals surface area contributed by atoms with Crippen molar-refractivity contribution < 1.29 is 169 Å². The summed E-state index contributed by atoms with van der Waals surface area (Å²) in [5.41, 5.74) is 0. The zero-order valence-corrected chi connectivity index (χ0v) is 20.0. The summed E-state index contributed by atoms with van der Waals surface area (Å²) in [7, 11) is -4.64. The van der Waals surface area contributed by atoms with E-state index < -0.39 is 7.82 Å². The molecule has 0 radical (unpaired) electrons. The molecule has 0 aliphatic carbocycles. The predicted molar refractivity (Wildman–Crippen MR) is 16.5 cm³/mol. The van der Waals surface area contributed by atoms with Gasteiger partial charge >= 0.3 is 135 Å². The molecule has 0 spiro atoms. The third kappa shape index (κ3) is 46.2. The van der Waals surface area contributed by atoms with Gasteiger partial charge in [0, 0.05) is 19.5 Å². The summed E-state index contributed by atoms with van der Waals surface area (Å²) in [6.07, 6.45) is 0. The van der Waals surface area contributed by atoms with E-state index in [0.717, 1.165) is 0 Å². The summed E-state index contributed by atoms with van der Waals surface area (Å²) in [4.78, 5) is 21.6. The van der Waals surface area contributed by atoms with E-state index in [-0.39, 0.29) is 149 Å². The van der Waals surface area contributed by atoms with Gasteiger partial charge in [-0.1, -0.05) is 0 Å². The van der Waals surface area contributed by atoms with Crippen LogP contribution in [0.4, 0.5) is 0 Å². The van der Waals surface area contributed by atoms with E-state index in [0.29, 0.717) is 0 Å². The van der Waals surface area contributed by atoms with Crippen LogP contribution in [0.2, 0.25) is 0 Å². The van der Waals surface area contributed by atoms with E-state index in [4.69, 9.17) is 19.2 Å². The standard InChI is InChI=1S/Cs.H3O4P.Rb.Zn.2H/c;1-5(2,3)4;;;;/h;(H3,1,2,3,4);;;;/q+1;;+1;;2*-1. The first kappa shape index (κ1) is 22.9. The molecule has 0 aromatic carbocycles. The summed E-state index contributed by atoms with van der Waals surface area (Å²) in [5, 5.41) is 0. The van der Waals surface area contributed by atoms with Crippen LogP contribution in [-0.4, -0.2) is 14.7 Å². The van der Waals surface area contributed by atoms with Crippen molar-refractivity contribution in [1.82, 2.24) is 0 Å². The molecular weight excluding hydrogens is 379 g/mol. The average molecular weight is 384 g/mol. The van der Waals surface area contributed by atoms with Crippen molar-refractivity contribution in [3.63, 3.8) is 0 Å². The van der Waals surface area contributed by atoms with E-state index in [2.05, 4.69) is 0 Å². The maximum absolute atomic E-state index is 8.88. The minimum absolute atomic E-state index is 0. The second kappa shape index (κ2) is 11.6. The van der Waals surface area contributed by atoms with Gasteiger partial charge in [-0.2, -0.15) is 0 Å². The second-order valence-electron chi connectivity index (χ2n) is 0.513. The molecular formula is H5CsO4PRbZn. The van der Waals surface area contributed by atoms with Crippen molar-refractivity contribution >= 4 is 7.82 Å². The number of phosphoric acid groups is 1. The van der Waals surface area contributed by atoms with Gasteiger partial charge in [-0.25, -0.2) is 4.57 Å². The molecule has 0 atom stereocenters. The summed E-state index contributed by atoms with van der Waals surface area (Å²) in [6.45, 7) is 0. The second-order valence-corrected chi connectivity index (χ2v) is 1.54. The fourth-order valence-corrected chi connectivity index (χ4v) is 0. The minimum atomic E-state index is -4.64. The third-order valence-electron chi connectivity index (χ3n) is 0. The molecule has 8 heavy (non-hydrogen) atoms. The molecule has 0 amide bonds. The molecule has 0 aliphatic heterocycles. The number of hydrogen-bond acceptors (Lipinski definition) is 1. The molecule has 0 fully saturated rings. The summed E-state index contributed by atoms with van der Waals surface area (Å²) >= 11 is 0. The van der Waals surface area contributed by atoms with E-state index in [9.17, 15) is 0 Å². The maximum atomic E-state index is 8.88. The van der Waals surface area contributed by atoms with Gasteiger partial charge in [0.15, 0.2) is 0 Å². The maximum Gasteiger partial charge on any atom is 1.00 e. The van der Waals surface area contributed by atoms with Crippen LogP contribution in [0.3, 0.4) is 0 Å². The van der Waals surface area contributed by atoms with E-state index in [1.165, 1.54) is 0 Å². The van der Waals surface area contributed by atoms with Gasteiger partial charge < -0.3 is 17.5 Å². The fourth-order valence-electron chi connectivity index (χ4n) is 0. The Hall–Kier alpha value is 4.59. The Morgan fingerprint density at radius 3 is 1.25 bits per heavy atom. The average Bonchev–Trinajstić information content (AvgIpc) is 0.722. The topological polar surface area (TPSA) is 77.8 Å². The Morgan fingerprint density at radius 1 is 1.25 bits per heavy atom. The third-order valence-corrected chi connectivity index (χ3v) is 0. The van der Waals surface area contributed by atoms with E-state index in [1.807, 2.05) is 0 Å². The van der Waals surface area contributed by atoms with Gasteiger partial charge in [0.2, 0.25) is 0 Å². The Balaban J connectivity index is -0.00000000800. The molecule has 0 unspecified atom stereocenters. The molecule has 0 aliphatic rings. The SMILES string of the molecule is O=P(O)(O)O.[Cs+].[H-].[H-].[Rb+].[Zn]. The largest absolute Gasteiger partial charge is 1.00 e. The van der Waals surface area contributed by atoms with Crippen LogP contribution in [0.1, 0.15) is 2.85 Å². The van der Waals surface area contributed by atoms with Crippen molar-refractivity contribution in [2.45, 2.75) is 0 Å². The van der Waals surface area contributed by atoms with Crippen LogP contribution < -0.4 is 127 Å². The molecule has 0 saturated carbocycles. The first-order valence-corrected chi connectivity index (χ1v) is 2.35. The quantitative estimate of drug-likeness (QED) is 0.287. The van der Waals surface area contributed by atoms with Gasteiger partial charge in [0.1, 0.15) is 0 Å². The summed E-state index contributed by atoms with van der Waals surface area (Å²) in [6, 6.07) is 0. The normalized spacial score (nSPS) is 7.38. The Bertz CT molecular complexity index is 69.4. The molecule has 0 saturated heterocycles. The molecule has 0 rings (SSSR count). The molecule has 0 aromatic rings. The van der Waals surface area contributed by atoms with Crippen LogP contribution in [0.5, 0.6) is 0 Å². The molecule has 4 nitrogen and oxygen atoms in total. The van der Waals surface area contributed by atoms with Gasteiger partial charge in [0.25, 0.3) is 0 Å². The Morgan fingerprint density at radius 2 is 1.25 bits per heavy atom.